The summed E-state index contributed by atoms with van der Waals surface area (Å²) < 4.78 is 7.20. The van der Waals surface area contributed by atoms with Gasteiger partial charge < -0.3 is 15.0 Å². The molecule has 112 valence electrons. The van der Waals surface area contributed by atoms with Crippen molar-refractivity contribution in [2.75, 3.05) is 31.4 Å². The summed E-state index contributed by atoms with van der Waals surface area (Å²) in [4.78, 5) is 2.08. The van der Waals surface area contributed by atoms with Gasteiger partial charge in [-0.3, -0.25) is 0 Å². The van der Waals surface area contributed by atoms with E-state index in [0.717, 1.165) is 26.9 Å². The number of methoxy groups -OCH3 is 1. The van der Waals surface area contributed by atoms with Crippen LogP contribution in [-0.4, -0.2) is 21.2 Å². The quantitative estimate of drug-likeness (QED) is 0.754. The topological polar surface area (TPSA) is 24.5 Å². The van der Waals surface area contributed by atoms with E-state index in [-0.39, 0.29) is 0 Å². The van der Waals surface area contributed by atoms with Crippen molar-refractivity contribution in [1.29, 1.82) is 0 Å². The molecule has 2 aromatic carbocycles. The summed E-state index contributed by atoms with van der Waals surface area (Å²) in [6.45, 7) is 0.752. The Bertz CT molecular complexity index is 589. The second-order valence-electron chi connectivity index (χ2n) is 4.89. The van der Waals surface area contributed by atoms with Gasteiger partial charge in [-0.1, -0.05) is 0 Å². The van der Waals surface area contributed by atoms with E-state index < -0.39 is 0 Å². The van der Waals surface area contributed by atoms with Crippen molar-refractivity contribution in [2.45, 2.75) is 6.54 Å². The van der Waals surface area contributed by atoms with E-state index in [4.69, 9.17) is 4.74 Å². The van der Waals surface area contributed by atoms with Gasteiger partial charge in [-0.2, -0.15) is 0 Å². The van der Waals surface area contributed by atoms with Gasteiger partial charge in [0.15, 0.2) is 0 Å². The van der Waals surface area contributed by atoms with Gasteiger partial charge >= 0.3 is 0 Å². The van der Waals surface area contributed by atoms with Crippen LogP contribution in [0.25, 0.3) is 0 Å². The molecule has 0 atom stereocenters. The summed E-state index contributed by atoms with van der Waals surface area (Å²) in [6.07, 6.45) is 0. The van der Waals surface area contributed by atoms with Gasteiger partial charge in [0.05, 0.1) is 16.1 Å². The second kappa shape index (κ2) is 7.18. The highest BCUT2D eigenvalue weighted by atomic mass is 79.9. The molecule has 0 heterocycles. The SMILES string of the molecule is COc1c(Br)cc(CNc2ccc(N(C)C)cc2)cc1Br. The summed E-state index contributed by atoms with van der Waals surface area (Å²) in [5.74, 6) is 0.814. The van der Waals surface area contributed by atoms with Gasteiger partial charge in [-0.15, -0.1) is 0 Å². The number of hydrogen-bond acceptors (Lipinski definition) is 3. The predicted octanol–water partition coefficient (Wildman–Crippen LogP) is 4.90. The van der Waals surface area contributed by atoms with Crippen molar-refractivity contribution in [1.82, 2.24) is 0 Å². The van der Waals surface area contributed by atoms with Crippen molar-refractivity contribution in [2.24, 2.45) is 0 Å². The Morgan fingerprint density at radius 3 is 2.10 bits per heavy atom. The van der Waals surface area contributed by atoms with E-state index in [1.54, 1.807) is 7.11 Å². The molecule has 21 heavy (non-hydrogen) atoms. The Kier molecular flexibility index (Phi) is 5.53. The number of hydrogen-bond donors (Lipinski definition) is 1. The maximum absolute atomic E-state index is 5.31. The predicted molar refractivity (Wildman–Crippen MR) is 96.5 cm³/mol. The zero-order chi connectivity index (χ0) is 15.4. The van der Waals surface area contributed by atoms with Gasteiger partial charge in [0.1, 0.15) is 5.75 Å². The van der Waals surface area contributed by atoms with Crippen LogP contribution in [0.1, 0.15) is 5.56 Å². The van der Waals surface area contributed by atoms with Gasteiger partial charge in [0.25, 0.3) is 0 Å². The lowest BCUT2D eigenvalue weighted by atomic mass is 10.2. The Labute approximate surface area is 142 Å². The Hall–Kier alpha value is -1.20. The molecule has 0 unspecified atom stereocenters. The summed E-state index contributed by atoms with van der Waals surface area (Å²) in [5, 5.41) is 3.42. The Balaban J connectivity index is 2.06. The molecule has 0 aliphatic rings. The van der Waals surface area contributed by atoms with E-state index >= 15 is 0 Å². The zero-order valence-corrected chi connectivity index (χ0v) is 15.5. The van der Waals surface area contributed by atoms with Gasteiger partial charge in [0, 0.05) is 32.0 Å². The lowest BCUT2D eigenvalue weighted by Crippen LogP contribution is -2.08. The van der Waals surface area contributed by atoms with Crippen LogP contribution < -0.4 is 15.0 Å². The van der Waals surface area contributed by atoms with Crippen molar-refractivity contribution in [3.05, 3.63) is 50.9 Å². The molecule has 0 saturated carbocycles. The van der Waals surface area contributed by atoms with Gasteiger partial charge in [-0.25, -0.2) is 0 Å². The molecule has 0 bridgehead atoms. The third-order valence-electron chi connectivity index (χ3n) is 3.14. The molecule has 1 N–H and O–H groups in total. The van der Waals surface area contributed by atoms with E-state index in [2.05, 4.69) is 78.5 Å². The minimum absolute atomic E-state index is 0.752. The molecule has 3 nitrogen and oxygen atoms in total. The third kappa shape index (κ3) is 4.14. The summed E-state index contributed by atoms with van der Waals surface area (Å²) in [7, 11) is 5.73. The fourth-order valence-electron chi connectivity index (χ4n) is 1.99. The molecule has 2 rings (SSSR count). The molecule has 2 aromatic rings. The number of benzene rings is 2. The summed E-state index contributed by atoms with van der Waals surface area (Å²) >= 11 is 7.04. The Morgan fingerprint density at radius 1 is 1.05 bits per heavy atom. The third-order valence-corrected chi connectivity index (χ3v) is 4.32. The minimum atomic E-state index is 0.752. The number of nitrogens with zero attached hydrogens (tertiary/aromatic N) is 1. The molecule has 0 aromatic heterocycles. The Morgan fingerprint density at radius 2 is 1.62 bits per heavy atom. The average Bonchev–Trinajstić information content (AvgIpc) is 2.45. The highest BCUT2D eigenvalue weighted by Gasteiger charge is 2.07. The molecule has 0 aliphatic heterocycles. The molecule has 0 saturated heterocycles. The molecule has 0 spiro atoms. The van der Waals surface area contributed by atoms with Crippen LogP contribution in [0.15, 0.2) is 45.3 Å². The number of nitrogens with one attached hydrogen (secondary N) is 1. The monoisotopic (exact) mass is 412 g/mol. The van der Waals surface area contributed by atoms with Gasteiger partial charge in [-0.05, 0) is 73.8 Å². The number of anilines is 2. The highest BCUT2D eigenvalue weighted by Crippen LogP contribution is 2.34. The summed E-state index contributed by atoms with van der Waals surface area (Å²) in [6, 6.07) is 12.5. The van der Waals surface area contributed by atoms with E-state index in [1.807, 2.05) is 14.1 Å². The van der Waals surface area contributed by atoms with Gasteiger partial charge in [0.2, 0.25) is 0 Å². The number of halogens is 2. The van der Waals surface area contributed by atoms with Crippen LogP contribution >= 0.6 is 31.9 Å². The summed E-state index contributed by atoms with van der Waals surface area (Å²) in [5.41, 5.74) is 3.46. The zero-order valence-electron chi connectivity index (χ0n) is 12.3. The van der Waals surface area contributed by atoms with E-state index in [9.17, 15) is 0 Å². The van der Waals surface area contributed by atoms with Crippen LogP contribution in [-0.2, 0) is 6.54 Å². The number of ether oxygens (including phenoxy) is 1. The number of rotatable bonds is 5. The molecule has 0 fully saturated rings. The first-order valence-corrected chi connectivity index (χ1v) is 8.13. The molecule has 0 amide bonds. The minimum Gasteiger partial charge on any atom is -0.494 e. The van der Waals surface area contributed by atoms with Crippen LogP contribution in [0.2, 0.25) is 0 Å². The van der Waals surface area contributed by atoms with E-state index in [1.165, 1.54) is 11.3 Å². The normalized spacial score (nSPS) is 10.3. The van der Waals surface area contributed by atoms with Crippen molar-refractivity contribution < 1.29 is 4.74 Å². The van der Waals surface area contributed by atoms with Crippen molar-refractivity contribution in [3.8, 4) is 5.75 Å². The molecular formula is C16H18Br2N2O. The first kappa shape index (κ1) is 16.2. The highest BCUT2D eigenvalue weighted by molar-refractivity contribution is 9.11. The lowest BCUT2D eigenvalue weighted by Gasteiger charge is -2.14. The van der Waals surface area contributed by atoms with E-state index in [0.29, 0.717) is 0 Å². The first-order valence-electron chi connectivity index (χ1n) is 6.54. The maximum Gasteiger partial charge on any atom is 0.147 e. The van der Waals surface area contributed by atoms with Crippen molar-refractivity contribution >= 4 is 43.2 Å². The molecule has 5 heteroatoms. The van der Waals surface area contributed by atoms with Crippen LogP contribution in [0.5, 0.6) is 5.75 Å². The molecule has 0 aliphatic carbocycles. The fraction of sp³-hybridized carbons (Fsp3) is 0.250. The average molecular weight is 414 g/mol. The first-order chi connectivity index (χ1) is 10.0. The lowest BCUT2D eigenvalue weighted by molar-refractivity contribution is 0.409. The molecular weight excluding hydrogens is 396 g/mol. The van der Waals surface area contributed by atoms with Crippen LogP contribution in [0.3, 0.4) is 0 Å². The maximum atomic E-state index is 5.31. The fourth-order valence-corrected chi connectivity index (χ4v) is 3.60. The van der Waals surface area contributed by atoms with Crippen LogP contribution in [0, 0.1) is 0 Å². The second-order valence-corrected chi connectivity index (χ2v) is 6.60. The standard InChI is InChI=1S/C16H18Br2N2O/c1-20(2)13-6-4-12(5-7-13)19-10-11-8-14(17)16(21-3)15(18)9-11/h4-9,19H,10H2,1-3H3. The van der Waals surface area contributed by atoms with Crippen molar-refractivity contribution in [3.63, 3.8) is 0 Å². The largest absolute Gasteiger partial charge is 0.494 e. The van der Waals surface area contributed by atoms with Crippen LogP contribution in [0.4, 0.5) is 11.4 Å². The molecule has 0 radical (unpaired) electrons. The smallest absolute Gasteiger partial charge is 0.147 e.